The second-order valence-electron chi connectivity index (χ2n) is 7.86. The van der Waals surface area contributed by atoms with Crippen LogP contribution in [0.25, 0.3) is 16.8 Å². The predicted octanol–water partition coefficient (Wildman–Crippen LogP) is 6.74. The molecular weight excluding hydrogens is 520 g/mol. The standard InChI is InChI=1S/C29H23BrN2O4/c1-34-25-11-9-24(10-12-25)32-29(33)23(17-31)14-20-15-26(30)28(27(16-20)35-2)36-18-19-7-8-21-5-3-4-6-22(21)13-19/h3-16H,18H2,1-2H3,(H,32,33)/b23-14-. The monoisotopic (exact) mass is 542 g/mol. The van der Waals surface area contributed by atoms with Gasteiger partial charge in [-0.15, -0.1) is 0 Å². The van der Waals surface area contributed by atoms with Crippen molar-refractivity contribution in [1.29, 1.82) is 5.26 Å². The Morgan fingerprint density at radius 3 is 2.42 bits per heavy atom. The molecule has 36 heavy (non-hydrogen) atoms. The van der Waals surface area contributed by atoms with Gasteiger partial charge in [0, 0.05) is 5.69 Å². The molecule has 0 heterocycles. The highest BCUT2D eigenvalue weighted by atomic mass is 79.9. The van der Waals surface area contributed by atoms with Crippen molar-refractivity contribution in [3.63, 3.8) is 0 Å². The van der Waals surface area contributed by atoms with E-state index in [2.05, 4.69) is 45.5 Å². The number of fused-ring (bicyclic) bond motifs is 1. The second kappa shape index (κ2) is 11.4. The summed E-state index contributed by atoms with van der Waals surface area (Å²) in [5.41, 5.74) is 2.13. The minimum absolute atomic E-state index is 0.0513. The summed E-state index contributed by atoms with van der Waals surface area (Å²) < 4.78 is 17.4. The van der Waals surface area contributed by atoms with E-state index in [-0.39, 0.29) is 5.57 Å². The number of amides is 1. The van der Waals surface area contributed by atoms with Crippen LogP contribution in [0.5, 0.6) is 17.2 Å². The summed E-state index contributed by atoms with van der Waals surface area (Å²) in [4.78, 5) is 12.7. The van der Waals surface area contributed by atoms with Crippen LogP contribution in [0.2, 0.25) is 0 Å². The van der Waals surface area contributed by atoms with Crippen molar-refractivity contribution in [2.75, 3.05) is 19.5 Å². The molecule has 1 N–H and O–H groups in total. The summed E-state index contributed by atoms with van der Waals surface area (Å²) in [5.74, 6) is 1.16. The molecule has 4 aromatic carbocycles. The van der Waals surface area contributed by atoms with Crippen LogP contribution in [0, 0.1) is 11.3 Å². The van der Waals surface area contributed by atoms with Crippen LogP contribution in [0.4, 0.5) is 5.69 Å². The number of rotatable bonds is 8. The van der Waals surface area contributed by atoms with E-state index < -0.39 is 5.91 Å². The summed E-state index contributed by atoms with van der Waals surface area (Å²) in [7, 11) is 3.11. The first-order valence-corrected chi connectivity index (χ1v) is 11.8. The molecule has 0 aromatic heterocycles. The summed E-state index contributed by atoms with van der Waals surface area (Å²) in [6.45, 7) is 0.350. The summed E-state index contributed by atoms with van der Waals surface area (Å²) in [6, 6.07) is 26.6. The number of nitrogens with one attached hydrogen (secondary N) is 1. The number of ether oxygens (including phenoxy) is 3. The van der Waals surface area contributed by atoms with E-state index in [1.165, 1.54) is 11.5 Å². The third kappa shape index (κ3) is 5.85. The van der Waals surface area contributed by atoms with Gasteiger partial charge in [0.15, 0.2) is 11.5 Å². The van der Waals surface area contributed by atoms with Crippen LogP contribution in [-0.4, -0.2) is 20.1 Å². The van der Waals surface area contributed by atoms with Crippen molar-refractivity contribution < 1.29 is 19.0 Å². The number of hydrogen-bond donors (Lipinski definition) is 1. The summed E-state index contributed by atoms with van der Waals surface area (Å²) >= 11 is 3.54. The van der Waals surface area contributed by atoms with Gasteiger partial charge in [-0.05, 0) is 86.4 Å². The van der Waals surface area contributed by atoms with Crippen molar-refractivity contribution in [1.82, 2.24) is 0 Å². The predicted molar refractivity (Wildman–Crippen MR) is 144 cm³/mol. The molecule has 6 nitrogen and oxygen atoms in total. The van der Waals surface area contributed by atoms with Crippen molar-refractivity contribution in [2.24, 2.45) is 0 Å². The second-order valence-corrected chi connectivity index (χ2v) is 8.71. The molecule has 0 atom stereocenters. The van der Waals surface area contributed by atoms with Gasteiger partial charge in [0.25, 0.3) is 5.91 Å². The minimum Gasteiger partial charge on any atom is -0.497 e. The molecule has 180 valence electrons. The van der Waals surface area contributed by atoms with Crippen LogP contribution < -0.4 is 19.5 Å². The van der Waals surface area contributed by atoms with Gasteiger partial charge in [0.1, 0.15) is 24.0 Å². The smallest absolute Gasteiger partial charge is 0.266 e. The molecule has 0 saturated heterocycles. The Bertz CT molecular complexity index is 1470. The first kappa shape index (κ1) is 24.8. The zero-order chi connectivity index (χ0) is 25.5. The molecule has 0 aliphatic carbocycles. The molecular formula is C29H23BrN2O4. The number of nitrogens with zero attached hydrogens (tertiary/aromatic N) is 1. The normalized spacial score (nSPS) is 11.0. The van der Waals surface area contributed by atoms with E-state index >= 15 is 0 Å². The van der Waals surface area contributed by atoms with Gasteiger partial charge in [-0.1, -0.05) is 36.4 Å². The number of carbonyl (C=O) groups is 1. The lowest BCUT2D eigenvalue weighted by molar-refractivity contribution is -0.112. The lowest BCUT2D eigenvalue weighted by atomic mass is 10.1. The topological polar surface area (TPSA) is 80.6 Å². The third-order valence-electron chi connectivity index (χ3n) is 5.47. The van der Waals surface area contributed by atoms with E-state index in [9.17, 15) is 10.1 Å². The van der Waals surface area contributed by atoms with Crippen LogP contribution in [0.1, 0.15) is 11.1 Å². The molecule has 0 aliphatic heterocycles. The zero-order valence-electron chi connectivity index (χ0n) is 19.7. The van der Waals surface area contributed by atoms with Crippen LogP contribution in [0.15, 0.2) is 88.9 Å². The molecule has 0 saturated carbocycles. The van der Waals surface area contributed by atoms with Crippen LogP contribution in [-0.2, 0) is 11.4 Å². The van der Waals surface area contributed by atoms with Crippen LogP contribution in [0.3, 0.4) is 0 Å². The van der Waals surface area contributed by atoms with Gasteiger partial charge < -0.3 is 19.5 Å². The minimum atomic E-state index is -0.519. The van der Waals surface area contributed by atoms with Gasteiger partial charge in [0.2, 0.25) is 0 Å². The maximum atomic E-state index is 12.7. The van der Waals surface area contributed by atoms with Gasteiger partial charge >= 0.3 is 0 Å². The quantitative estimate of drug-likeness (QED) is 0.197. The summed E-state index contributed by atoms with van der Waals surface area (Å²) in [6.07, 6.45) is 1.50. The van der Waals surface area contributed by atoms with Gasteiger partial charge in [-0.25, -0.2) is 0 Å². The van der Waals surface area contributed by atoms with Gasteiger partial charge in [-0.3, -0.25) is 4.79 Å². The molecule has 0 unspecified atom stereocenters. The fourth-order valence-corrected chi connectivity index (χ4v) is 4.21. The molecule has 4 aromatic rings. The average molecular weight is 543 g/mol. The van der Waals surface area contributed by atoms with E-state index in [0.29, 0.717) is 39.6 Å². The third-order valence-corrected chi connectivity index (χ3v) is 6.06. The molecule has 0 spiro atoms. The Hall–Kier alpha value is -4.28. The number of nitriles is 1. The molecule has 0 aliphatic rings. The van der Waals surface area contributed by atoms with E-state index in [1.54, 1.807) is 50.6 Å². The number of hydrogen-bond acceptors (Lipinski definition) is 5. The Morgan fingerprint density at radius 2 is 1.72 bits per heavy atom. The van der Waals surface area contributed by atoms with Crippen molar-refractivity contribution in [3.05, 3.63) is 100 Å². The molecule has 1 amide bonds. The Labute approximate surface area is 217 Å². The number of carbonyl (C=O) groups excluding carboxylic acids is 1. The zero-order valence-corrected chi connectivity index (χ0v) is 21.3. The first-order valence-electron chi connectivity index (χ1n) is 11.1. The highest BCUT2D eigenvalue weighted by molar-refractivity contribution is 9.10. The Balaban J connectivity index is 1.52. The number of methoxy groups -OCH3 is 2. The molecule has 0 radical (unpaired) electrons. The molecule has 4 rings (SSSR count). The molecule has 7 heteroatoms. The number of benzene rings is 4. The maximum Gasteiger partial charge on any atom is 0.266 e. The first-order chi connectivity index (χ1) is 17.5. The highest BCUT2D eigenvalue weighted by Gasteiger charge is 2.14. The largest absolute Gasteiger partial charge is 0.497 e. The fourth-order valence-electron chi connectivity index (χ4n) is 3.64. The molecule has 0 fully saturated rings. The van der Waals surface area contributed by atoms with Gasteiger partial charge in [-0.2, -0.15) is 5.26 Å². The Morgan fingerprint density at radius 1 is 0.972 bits per heavy atom. The number of halogens is 1. The maximum absolute atomic E-state index is 12.7. The number of anilines is 1. The van der Waals surface area contributed by atoms with E-state index in [1.807, 2.05) is 24.3 Å². The average Bonchev–Trinajstić information content (AvgIpc) is 2.91. The van der Waals surface area contributed by atoms with Gasteiger partial charge in [0.05, 0.1) is 18.7 Å². The lowest BCUT2D eigenvalue weighted by Crippen LogP contribution is -2.13. The van der Waals surface area contributed by atoms with Crippen LogP contribution >= 0.6 is 15.9 Å². The van der Waals surface area contributed by atoms with Crippen molar-refractivity contribution >= 4 is 44.4 Å². The van der Waals surface area contributed by atoms with E-state index in [0.717, 1.165) is 10.9 Å². The van der Waals surface area contributed by atoms with Crippen molar-refractivity contribution in [2.45, 2.75) is 6.61 Å². The van der Waals surface area contributed by atoms with Crippen molar-refractivity contribution in [3.8, 4) is 23.3 Å². The molecule has 0 bridgehead atoms. The SMILES string of the molecule is COc1ccc(NC(=O)/C(C#N)=C\c2cc(Br)c(OCc3ccc4ccccc4c3)c(OC)c2)cc1. The summed E-state index contributed by atoms with van der Waals surface area (Å²) in [5, 5.41) is 14.6. The lowest BCUT2D eigenvalue weighted by Gasteiger charge is -2.14. The Kier molecular flexibility index (Phi) is 7.89. The fraction of sp³-hybridized carbons (Fsp3) is 0.103. The van der Waals surface area contributed by atoms with E-state index in [4.69, 9.17) is 14.2 Å². The highest BCUT2D eigenvalue weighted by Crippen LogP contribution is 2.38.